The molecule has 2 heterocycles. The topological polar surface area (TPSA) is 52.0 Å². The SMILES string of the molecule is C=C/C(C#N)=C(\c1cc(CC)ncc1NC)N1CCC(C)(CC)CC1. The summed E-state index contributed by atoms with van der Waals surface area (Å²) in [5.74, 6) is 0. The van der Waals surface area contributed by atoms with Crippen LogP contribution >= 0.6 is 0 Å². The number of nitriles is 1. The average molecular weight is 338 g/mol. The van der Waals surface area contributed by atoms with Crippen LogP contribution in [0.4, 0.5) is 5.69 Å². The first kappa shape index (κ1) is 19.1. The summed E-state index contributed by atoms with van der Waals surface area (Å²) >= 11 is 0. The largest absolute Gasteiger partial charge is 0.386 e. The number of piperidine rings is 1. The molecule has 1 saturated heterocycles. The van der Waals surface area contributed by atoms with Gasteiger partial charge in [0.15, 0.2) is 0 Å². The summed E-state index contributed by atoms with van der Waals surface area (Å²) in [5, 5.41) is 12.9. The normalized spacial score (nSPS) is 17.5. The molecular weight excluding hydrogens is 308 g/mol. The molecule has 1 fully saturated rings. The minimum Gasteiger partial charge on any atom is -0.386 e. The van der Waals surface area contributed by atoms with Crippen LogP contribution in [0.3, 0.4) is 0 Å². The molecule has 1 aliphatic rings. The molecule has 2 rings (SSSR count). The molecule has 1 aromatic rings. The zero-order chi connectivity index (χ0) is 18.4. The van der Waals surface area contributed by atoms with Crippen molar-refractivity contribution >= 4 is 11.4 Å². The van der Waals surface area contributed by atoms with Crippen molar-refractivity contribution in [1.82, 2.24) is 9.88 Å². The standard InChI is InChI=1S/C21H30N4/c1-6-16(14-22)20(25-11-9-21(4,8-3)10-12-25)18-13-17(7-2)24-15-19(18)23-5/h6,13,15,23H,1,7-12H2,2-5H3/b20-16-. The van der Waals surface area contributed by atoms with Crippen LogP contribution in [0.2, 0.25) is 0 Å². The van der Waals surface area contributed by atoms with Gasteiger partial charge in [-0.1, -0.05) is 33.8 Å². The second-order valence-corrected chi connectivity index (χ2v) is 7.05. The molecule has 0 amide bonds. The Hall–Kier alpha value is -2.28. The summed E-state index contributed by atoms with van der Waals surface area (Å²) in [7, 11) is 1.90. The molecule has 0 unspecified atom stereocenters. The van der Waals surface area contributed by atoms with Gasteiger partial charge >= 0.3 is 0 Å². The number of nitrogens with one attached hydrogen (secondary N) is 1. The van der Waals surface area contributed by atoms with E-state index in [0.717, 1.165) is 55.0 Å². The Morgan fingerprint density at radius 1 is 1.44 bits per heavy atom. The Balaban J connectivity index is 2.52. The molecular formula is C21H30N4. The Kier molecular flexibility index (Phi) is 6.25. The van der Waals surface area contributed by atoms with Crippen molar-refractivity contribution in [1.29, 1.82) is 5.26 Å². The predicted molar refractivity (Wildman–Crippen MR) is 105 cm³/mol. The van der Waals surface area contributed by atoms with Crippen molar-refractivity contribution in [2.75, 3.05) is 25.5 Å². The van der Waals surface area contributed by atoms with Crippen LogP contribution in [0.5, 0.6) is 0 Å². The van der Waals surface area contributed by atoms with E-state index in [9.17, 15) is 5.26 Å². The number of nitrogens with zero attached hydrogens (tertiary/aromatic N) is 3. The number of pyridine rings is 1. The lowest BCUT2D eigenvalue weighted by molar-refractivity contribution is 0.156. The monoisotopic (exact) mass is 338 g/mol. The van der Waals surface area contributed by atoms with E-state index in [4.69, 9.17) is 0 Å². The molecule has 1 aliphatic heterocycles. The number of likely N-dealkylation sites (tertiary alicyclic amines) is 1. The lowest BCUT2D eigenvalue weighted by atomic mass is 9.78. The van der Waals surface area contributed by atoms with Gasteiger partial charge < -0.3 is 10.2 Å². The molecule has 0 aliphatic carbocycles. The van der Waals surface area contributed by atoms with Crippen molar-refractivity contribution in [3.8, 4) is 6.07 Å². The minimum absolute atomic E-state index is 0.404. The van der Waals surface area contributed by atoms with Crippen molar-refractivity contribution in [3.63, 3.8) is 0 Å². The second kappa shape index (κ2) is 8.20. The number of allylic oxidation sites excluding steroid dienone is 2. The first-order valence-electron chi connectivity index (χ1n) is 9.20. The number of anilines is 1. The second-order valence-electron chi connectivity index (χ2n) is 7.05. The van der Waals surface area contributed by atoms with Gasteiger partial charge in [-0.05, 0) is 36.8 Å². The Morgan fingerprint density at radius 2 is 2.12 bits per heavy atom. The maximum absolute atomic E-state index is 9.69. The fourth-order valence-electron chi connectivity index (χ4n) is 3.39. The highest BCUT2D eigenvalue weighted by molar-refractivity contribution is 5.80. The highest BCUT2D eigenvalue weighted by Gasteiger charge is 2.31. The van der Waals surface area contributed by atoms with E-state index in [1.165, 1.54) is 6.42 Å². The van der Waals surface area contributed by atoms with E-state index in [1.807, 2.05) is 13.2 Å². The maximum Gasteiger partial charge on any atom is 0.101 e. The van der Waals surface area contributed by atoms with Crippen LogP contribution in [-0.4, -0.2) is 30.0 Å². The number of aromatic nitrogens is 1. The first-order valence-corrected chi connectivity index (χ1v) is 9.20. The van der Waals surface area contributed by atoms with Gasteiger partial charge in [0.25, 0.3) is 0 Å². The molecule has 0 atom stereocenters. The molecule has 4 heteroatoms. The van der Waals surface area contributed by atoms with Crippen LogP contribution in [0, 0.1) is 16.7 Å². The van der Waals surface area contributed by atoms with Gasteiger partial charge in [-0.25, -0.2) is 0 Å². The van der Waals surface area contributed by atoms with Crippen molar-refractivity contribution in [2.24, 2.45) is 5.41 Å². The van der Waals surface area contributed by atoms with Gasteiger partial charge in [-0.2, -0.15) is 5.26 Å². The summed E-state index contributed by atoms with van der Waals surface area (Å²) in [6, 6.07) is 4.45. The molecule has 25 heavy (non-hydrogen) atoms. The zero-order valence-electron chi connectivity index (χ0n) is 16.0. The summed E-state index contributed by atoms with van der Waals surface area (Å²) in [6.07, 6.45) is 7.89. The van der Waals surface area contributed by atoms with Crippen molar-refractivity contribution in [2.45, 2.75) is 46.5 Å². The molecule has 0 saturated carbocycles. The number of hydrogen-bond acceptors (Lipinski definition) is 4. The fourth-order valence-corrected chi connectivity index (χ4v) is 3.39. The van der Waals surface area contributed by atoms with Crippen LogP contribution in [0.15, 0.2) is 30.5 Å². The maximum atomic E-state index is 9.69. The third-order valence-electron chi connectivity index (χ3n) is 5.57. The molecule has 1 N–H and O–H groups in total. The van der Waals surface area contributed by atoms with Crippen molar-refractivity contribution < 1.29 is 0 Å². The van der Waals surface area contributed by atoms with Crippen LogP contribution in [-0.2, 0) is 6.42 Å². The highest BCUT2D eigenvalue weighted by atomic mass is 15.1. The summed E-state index contributed by atoms with van der Waals surface area (Å²) in [5.41, 5.74) is 5.04. The van der Waals surface area contributed by atoms with E-state index >= 15 is 0 Å². The van der Waals surface area contributed by atoms with Crippen LogP contribution in [0.25, 0.3) is 5.70 Å². The van der Waals surface area contributed by atoms with Gasteiger partial charge in [0.05, 0.1) is 23.2 Å². The fraction of sp³-hybridized carbons (Fsp3) is 0.524. The lowest BCUT2D eigenvalue weighted by Gasteiger charge is -2.41. The number of rotatable bonds is 6. The number of aryl methyl sites for hydroxylation is 1. The molecule has 0 bridgehead atoms. The quantitative estimate of drug-likeness (QED) is 0.607. The molecule has 1 aromatic heterocycles. The molecule has 0 spiro atoms. The van der Waals surface area contributed by atoms with Crippen molar-refractivity contribution in [3.05, 3.63) is 41.7 Å². The van der Waals surface area contributed by atoms with Gasteiger partial charge in [-0.15, -0.1) is 0 Å². The average Bonchev–Trinajstić information content (AvgIpc) is 2.66. The van der Waals surface area contributed by atoms with E-state index < -0.39 is 0 Å². The van der Waals surface area contributed by atoms with Gasteiger partial charge in [0.1, 0.15) is 6.07 Å². The predicted octanol–water partition coefficient (Wildman–Crippen LogP) is 4.62. The Bertz CT molecular complexity index is 688. The van der Waals surface area contributed by atoms with Crippen LogP contribution in [0.1, 0.15) is 51.3 Å². The van der Waals surface area contributed by atoms with Crippen LogP contribution < -0.4 is 5.32 Å². The molecule has 134 valence electrons. The Morgan fingerprint density at radius 3 is 2.60 bits per heavy atom. The first-order chi connectivity index (χ1) is 12.0. The van der Waals surface area contributed by atoms with E-state index in [2.05, 4.69) is 54.7 Å². The molecule has 4 nitrogen and oxygen atoms in total. The third kappa shape index (κ3) is 4.04. The highest BCUT2D eigenvalue weighted by Crippen LogP contribution is 2.39. The van der Waals surface area contributed by atoms with E-state index in [0.29, 0.717) is 11.0 Å². The van der Waals surface area contributed by atoms with E-state index in [-0.39, 0.29) is 0 Å². The van der Waals surface area contributed by atoms with E-state index in [1.54, 1.807) is 6.08 Å². The minimum atomic E-state index is 0.404. The van der Waals surface area contributed by atoms with Gasteiger partial charge in [0, 0.05) is 31.4 Å². The summed E-state index contributed by atoms with van der Waals surface area (Å²) in [6.45, 7) is 12.5. The third-order valence-corrected chi connectivity index (χ3v) is 5.57. The van der Waals surface area contributed by atoms with Gasteiger partial charge in [0.2, 0.25) is 0 Å². The smallest absolute Gasteiger partial charge is 0.101 e. The Labute approximate surface area is 152 Å². The summed E-state index contributed by atoms with van der Waals surface area (Å²) in [4.78, 5) is 6.85. The summed E-state index contributed by atoms with van der Waals surface area (Å²) < 4.78 is 0. The molecule has 0 aromatic carbocycles. The zero-order valence-corrected chi connectivity index (χ0v) is 16.0. The number of hydrogen-bond donors (Lipinski definition) is 1. The molecule has 0 radical (unpaired) electrons. The van der Waals surface area contributed by atoms with Gasteiger partial charge in [-0.3, -0.25) is 4.98 Å². The lowest BCUT2D eigenvalue weighted by Crippen LogP contribution is -2.37.